The van der Waals surface area contributed by atoms with Gasteiger partial charge in [-0.25, -0.2) is 0 Å². The van der Waals surface area contributed by atoms with Crippen LogP contribution in [0.15, 0.2) is 42.7 Å². The van der Waals surface area contributed by atoms with Crippen molar-refractivity contribution in [3.05, 3.63) is 59.4 Å². The standard InChI is InChI=1S/C14H10N4/c15-7-11-2-1-3-12(6-11)9-18-14-10-17-5-4-13(14)8-16/h1-6,10,18H,9H2. The van der Waals surface area contributed by atoms with Gasteiger partial charge in [0.2, 0.25) is 0 Å². The molecule has 0 aliphatic rings. The molecule has 4 nitrogen and oxygen atoms in total. The average Bonchev–Trinajstić information content (AvgIpc) is 2.45. The summed E-state index contributed by atoms with van der Waals surface area (Å²) in [6, 6.07) is 13.2. The number of aromatic nitrogens is 1. The van der Waals surface area contributed by atoms with Gasteiger partial charge in [0, 0.05) is 12.7 Å². The van der Waals surface area contributed by atoms with E-state index >= 15 is 0 Å². The van der Waals surface area contributed by atoms with Crippen LogP contribution in [0, 0.1) is 22.7 Å². The van der Waals surface area contributed by atoms with Crippen LogP contribution in [0.4, 0.5) is 5.69 Å². The lowest BCUT2D eigenvalue weighted by atomic mass is 10.1. The Balaban J connectivity index is 2.12. The summed E-state index contributed by atoms with van der Waals surface area (Å²) < 4.78 is 0. The van der Waals surface area contributed by atoms with Crippen molar-refractivity contribution in [1.82, 2.24) is 4.98 Å². The molecular weight excluding hydrogens is 224 g/mol. The number of anilines is 1. The highest BCUT2D eigenvalue weighted by Crippen LogP contribution is 2.13. The smallest absolute Gasteiger partial charge is 0.101 e. The van der Waals surface area contributed by atoms with Crippen LogP contribution in [-0.2, 0) is 6.54 Å². The minimum atomic E-state index is 0.551. The van der Waals surface area contributed by atoms with Crippen LogP contribution in [0.25, 0.3) is 0 Å². The summed E-state index contributed by atoms with van der Waals surface area (Å²) in [5.74, 6) is 0. The van der Waals surface area contributed by atoms with Crippen molar-refractivity contribution < 1.29 is 0 Å². The van der Waals surface area contributed by atoms with Crippen molar-refractivity contribution in [2.75, 3.05) is 5.32 Å². The summed E-state index contributed by atoms with van der Waals surface area (Å²) in [5.41, 5.74) is 2.87. The number of nitrogens with one attached hydrogen (secondary N) is 1. The van der Waals surface area contributed by atoms with Crippen LogP contribution in [0.1, 0.15) is 16.7 Å². The summed E-state index contributed by atoms with van der Waals surface area (Å²) in [7, 11) is 0. The van der Waals surface area contributed by atoms with Gasteiger partial charge in [0.1, 0.15) is 6.07 Å². The largest absolute Gasteiger partial charge is 0.379 e. The minimum absolute atomic E-state index is 0.551. The van der Waals surface area contributed by atoms with Crippen LogP contribution >= 0.6 is 0 Å². The van der Waals surface area contributed by atoms with Gasteiger partial charge in [-0.05, 0) is 23.8 Å². The zero-order chi connectivity index (χ0) is 12.8. The third kappa shape index (κ3) is 2.63. The quantitative estimate of drug-likeness (QED) is 0.885. The molecule has 0 fully saturated rings. The molecular formula is C14H10N4. The van der Waals surface area contributed by atoms with E-state index in [1.807, 2.05) is 18.2 Å². The highest BCUT2D eigenvalue weighted by Gasteiger charge is 2.01. The van der Waals surface area contributed by atoms with Crippen LogP contribution < -0.4 is 5.32 Å². The molecule has 0 amide bonds. The van der Waals surface area contributed by atoms with E-state index < -0.39 is 0 Å². The first-order chi connectivity index (χ1) is 8.83. The summed E-state index contributed by atoms with van der Waals surface area (Å²) >= 11 is 0. The number of hydrogen-bond acceptors (Lipinski definition) is 4. The molecule has 1 aromatic heterocycles. The Morgan fingerprint density at radius 2 is 2.06 bits per heavy atom. The zero-order valence-electron chi connectivity index (χ0n) is 9.59. The van der Waals surface area contributed by atoms with Gasteiger partial charge in [-0.2, -0.15) is 10.5 Å². The van der Waals surface area contributed by atoms with Gasteiger partial charge in [-0.1, -0.05) is 12.1 Å². The van der Waals surface area contributed by atoms with E-state index in [1.54, 1.807) is 24.5 Å². The fraction of sp³-hybridized carbons (Fsp3) is 0.0714. The fourth-order valence-electron chi connectivity index (χ4n) is 1.58. The molecule has 0 saturated heterocycles. The van der Waals surface area contributed by atoms with Gasteiger partial charge in [0.25, 0.3) is 0 Å². The molecule has 0 aliphatic heterocycles. The molecule has 0 spiro atoms. The maximum Gasteiger partial charge on any atom is 0.101 e. The van der Waals surface area contributed by atoms with Crippen molar-refractivity contribution in [3.8, 4) is 12.1 Å². The molecule has 0 unspecified atom stereocenters. The molecule has 1 heterocycles. The lowest BCUT2D eigenvalue weighted by Crippen LogP contribution is -2.01. The molecule has 0 aliphatic carbocycles. The van der Waals surface area contributed by atoms with Gasteiger partial charge < -0.3 is 5.32 Å². The number of benzene rings is 1. The van der Waals surface area contributed by atoms with Gasteiger partial charge in [-0.15, -0.1) is 0 Å². The Hall–Kier alpha value is -2.85. The Morgan fingerprint density at radius 3 is 2.83 bits per heavy atom. The van der Waals surface area contributed by atoms with Gasteiger partial charge in [-0.3, -0.25) is 4.98 Å². The highest BCUT2D eigenvalue weighted by molar-refractivity contribution is 5.55. The predicted octanol–water partition coefficient (Wildman–Crippen LogP) is 2.44. The van der Waals surface area contributed by atoms with Crippen molar-refractivity contribution in [2.24, 2.45) is 0 Å². The first-order valence-corrected chi connectivity index (χ1v) is 5.40. The van der Waals surface area contributed by atoms with Gasteiger partial charge >= 0.3 is 0 Å². The topological polar surface area (TPSA) is 72.5 Å². The first kappa shape index (κ1) is 11.6. The molecule has 2 rings (SSSR count). The van der Waals surface area contributed by atoms with E-state index in [4.69, 9.17) is 10.5 Å². The highest BCUT2D eigenvalue weighted by atomic mass is 14.9. The molecule has 0 bridgehead atoms. The van der Waals surface area contributed by atoms with E-state index in [-0.39, 0.29) is 0 Å². The van der Waals surface area contributed by atoms with Gasteiger partial charge in [0.05, 0.1) is 29.1 Å². The fourth-order valence-corrected chi connectivity index (χ4v) is 1.58. The number of nitrogens with zero attached hydrogens (tertiary/aromatic N) is 3. The summed E-state index contributed by atoms with van der Waals surface area (Å²) in [4.78, 5) is 3.97. The second-order valence-corrected chi connectivity index (χ2v) is 3.70. The lowest BCUT2D eigenvalue weighted by molar-refractivity contribution is 1.13. The van der Waals surface area contributed by atoms with Crippen LogP contribution in [0.3, 0.4) is 0 Å². The monoisotopic (exact) mass is 234 g/mol. The molecule has 4 heteroatoms. The van der Waals surface area contributed by atoms with Crippen LogP contribution in [0.5, 0.6) is 0 Å². The van der Waals surface area contributed by atoms with Gasteiger partial charge in [0.15, 0.2) is 0 Å². The molecule has 2 aromatic rings. The predicted molar refractivity (Wildman–Crippen MR) is 67.4 cm³/mol. The van der Waals surface area contributed by atoms with Crippen molar-refractivity contribution in [3.63, 3.8) is 0 Å². The molecule has 1 N–H and O–H groups in total. The summed E-state index contributed by atoms with van der Waals surface area (Å²) in [6.07, 6.45) is 3.20. The Labute approximate surface area is 105 Å². The van der Waals surface area contributed by atoms with E-state index in [1.165, 1.54) is 0 Å². The first-order valence-electron chi connectivity index (χ1n) is 5.40. The average molecular weight is 234 g/mol. The molecule has 86 valence electrons. The third-order valence-corrected chi connectivity index (χ3v) is 2.48. The Bertz CT molecular complexity index is 635. The number of pyridine rings is 1. The van der Waals surface area contributed by atoms with E-state index in [0.29, 0.717) is 23.4 Å². The second-order valence-electron chi connectivity index (χ2n) is 3.70. The van der Waals surface area contributed by atoms with Crippen molar-refractivity contribution >= 4 is 5.69 Å². The number of hydrogen-bond donors (Lipinski definition) is 1. The maximum atomic E-state index is 8.94. The van der Waals surface area contributed by atoms with E-state index in [0.717, 1.165) is 5.56 Å². The Morgan fingerprint density at radius 1 is 1.17 bits per heavy atom. The maximum absolute atomic E-state index is 8.94. The zero-order valence-corrected chi connectivity index (χ0v) is 9.59. The SMILES string of the molecule is N#Cc1cccc(CNc2cnccc2C#N)c1. The summed E-state index contributed by atoms with van der Waals surface area (Å²) in [5, 5.41) is 20.9. The molecule has 1 aromatic carbocycles. The molecule has 18 heavy (non-hydrogen) atoms. The third-order valence-electron chi connectivity index (χ3n) is 2.48. The molecule has 0 saturated carbocycles. The Kier molecular flexibility index (Phi) is 3.53. The van der Waals surface area contributed by atoms with Crippen molar-refractivity contribution in [1.29, 1.82) is 10.5 Å². The van der Waals surface area contributed by atoms with Crippen molar-refractivity contribution in [2.45, 2.75) is 6.54 Å². The van der Waals surface area contributed by atoms with E-state index in [2.05, 4.69) is 22.4 Å². The van der Waals surface area contributed by atoms with Crippen LogP contribution in [0.2, 0.25) is 0 Å². The van der Waals surface area contributed by atoms with Crippen LogP contribution in [-0.4, -0.2) is 4.98 Å². The van der Waals surface area contributed by atoms with E-state index in [9.17, 15) is 0 Å². The number of rotatable bonds is 3. The lowest BCUT2D eigenvalue weighted by Gasteiger charge is -2.07. The minimum Gasteiger partial charge on any atom is -0.379 e. The summed E-state index contributed by atoms with van der Waals surface area (Å²) in [6.45, 7) is 0.551. The molecule has 0 radical (unpaired) electrons. The number of nitriles is 2. The second kappa shape index (κ2) is 5.47. The normalized spacial score (nSPS) is 9.22. The molecule has 0 atom stereocenters.